The molecule has 0 amide bonds. The number of rotatable bonds is 2. The molecule has 1 aliphatic heterocycles. The van der Waals surface area contributed by atoms with Crippen LogP contribution in [-0.4, -0.2) is 11.9 Å². The minimum absolute atomic E-state index is 0.0300. The number of aliphatic imine (C=N–C) groups is 1. The molecular weight excluding hydrogens is 328 g/mol. The molecule has 1 aliphatic rings. The van der Waals surface area contributed by atoms with Crippen molar-refractivity contribution in [1.29, 1.82) is 0 Å². The predicted molar refractivity (Wildman–Crippen MR) is 83.5 cm³/mol. The summed E-state index contributed by atoms with van der Waals surface area (Å²) in [5, 5.41) is 0.666. The van der Waals surface area contributed by atoms with Crippen LogP contribution >= 0.6 is 23.2 Å². The molecular formula is C16H8Cl2FNO2. The van der Waals surface area contributed by atoms with Gasteiger partial charge in [-0.1, -0.05) is 47.5 Å². The maximum atomic E-state index is 13.7. The smallest absolute Gasteiger partial charge is 0.363 e. The maximum absolute atomic E-state index is 13.7. The number of esters is 1. The van der Waals surface area contributed by atoms with Gasteiger partial charge >= 0.3 is 5.97 Å². The Hall–Kier alpha value is -2.17. The van der Waals surface area contributed by atoms with Crippen LogP contribution in [0, 0.1) is 5.82 Å². The average Bonchev–Trinajstić information content (AvgIpc) is 2.85. The highest BCUT2D eigenvalue weighted by Crippen LogP contribution is 2.29. The van der Waals surface area contributed by atoms with Crippen LogP contribution < -0.4 is 0 Å². The summed E-state index contributed by atoms with van der Waals surface area (Å²) in [4.78, 5) is 15.9. The number of benzene rings is 2. The fraction of sp³-hybridized carbons (Fsp3) is 0. The first-order chi connectivity index (χ1) is 10.6. The second-order valence-corrected chi connectivity index (χ2v) is 5.24. The van der Waals surface area contributed by atoms with Crippen molar-refractivity contribution in [2.75, 3.05) is 0 Å². The molecule has 0 bridgehead atoms. The van der Waals surface area contributed by atoms with Crippen LogP contribution in [-0.2, 0) is 9.53 Å². The van der Waals surface area contributed by atoms with E-state index in [0.717, 1.165) is 0 Å². The van der Waals surface area contributed by atoms with Crippen LogP contribution in [0.2, 0.25) is 10.0 Å². The summed E-state index contributed by atoms with van der Waals surface area (Å²) in [5.74, 6) is -1.27. The molecule has 22 heavy (non-hydrogen) atoms. The third-order valence-electron chi connectivity index (χ3n) is 3.00. The standard InChI is InChI=1S/C16H8Cl2FNO2/c17-11-6-3-4-9(14(11)18)8-13-16(21)22-15(20-13)10-5-1-2-7-12(10)19/h1-8H. The Morgan fingerprint density at radius 3 is 2.64 bits per heavy atom. The van der Waals surface area contributed by atoms with Crippen molar-refractivity contribution in [3.05, 3.63) is 75.2 Å². The molecule has 3 nitrogen and oxygen atoms in total. The topological polar surface area (TPSA) is 38.7 Å². The monoisotopic (exact) mass is 335 g/mol. The molecule has 6 heteroatoms. The SMILES string of the molecule is O=C1OC(c2ccccc2F)=NC1=Cc1cccc(Cl)c1Cl. The van der Waals surface area contributed by atoms with E-state index >= 15 is 0 Å². The first kappa shape index (κ1) is 14.8. The molecule has 0 aliphatic carbocycles. The van der Waals surface area contributed by atoms with Gasteiger partial charge in [0.05, 0.1) is 15.6 Å². The first-order valence-electron chi connectivity index (χ1n) is 6.28. The Morgan fingerprint density at radius 1 is 1.09 bits per heavy atom. The van der Waals surface area contributed by atoms with Gasteiger partial charge in [0.25, 0.3) is 0 Å². The van der Waals surface area contributed by atoms with Gasteiger partial charge in [0.2, 0.25) is 5.90 Å². The number of carbonyl (C=O) groups is 1. The van der Waals surface area contributed by atoms with Crippen molar-refractivity contribution in [3.8, 4) is 0 Å². The summed E-state index contributed by atoms with van der Waals surface area (Å²) in [6.07, 6.45) is 1.45. The third-order valence-corrected chi connectivity index (χ3v) is 3.83. The Kier molecular flexibility index (Phi) is 3.96. The number of carbonyl (C=O) groups excluding carboxylic acids is 1. The predicted octanol–water partition coefficient (Wildman–Crippen LogP) is 4.48. The highest BCUT2D eigenvalue weighted by molar-refractivity contribution is 6.43. The molecule has 0 N–H and O–H groups in total. The molecule has 110 valence electrons. The van der Waals surface area contributed by atoms with Crippen molar-refractivity contribution in [3.63, 3.8) is 0 Å². The fourth-order valence-electron chi connectivity index (χ4n) is 1.94. The molecule has 0 saturated heterocycles. The number of halogens is 3. The lowest BCUT2D eigenvalue weighted by Crippen LogP contribution is -2.07. The van der Waals surface area contributed by atoms with E-state index in [0.29, 0.717) is 15.6 Å². The molecule has 0 unspecified atom stereocenters. The number of cyclic esters (lactones) is 1. The van der Waals surface area contributed by atoms with Crippen molar-refractivity contribution in [1.82, 2.24) is 0 Å². The van der Waals surface area contributed by atoms with Gasteiger partial charge in [0.15, 0.2) is 5.70 Å². The van der Waals surface area contributed by atoms with Gasteiger partial charge in [0.1, 0.15) is 5.82 Å². The van der Waals surface area contributed by atoms with E-state index in [-0.39, 0.29) is 17.2 Å². The van der Waals surface area contributed by atoms with Crippen molar-refractivity contribution in [2.45, 2.75) is 0 Å². The van der Waals surface area contributed by atoms with Gasteiger partial charge in [-0.2, -0.15) is 0 Å². The lowest BCUT2D eigenvalue weighted by atomic mass is 10.2. The summed E-state index contributed by atoms with van der Waals surface area (Å²) in [6.45, 7) is 0. The van der Waals surface area contributed by atoms with E-state index in [1.54, 1.807) is 30.3 Å². The Labute approximate surface area is 135 Å². The van der Waals surface area contributed by atoms with Gasteiger partial charge < -0.3 is 4.74 Å². The number of hydrogen-bond donors (Lipinski definition) is 0. The quantitative estimate of drug-likeness (QED) is 0.599. The van der Waals surface area contributed by atoms with Crippen LogP contribution in [0.5, 0.6) is 0 Å². The van der Waals surface area contributed by atoms with E-state index in [4.69, 9.17) is 27.9 Å². The van der Waals surface area contributed by atoms with Crippen molar-refractivity contribution >= 4 is 41.1 Å². The minimum atomic E-state index is -0.672. The molecule has 0 atom stereocenters. The molecule has 0 saturated carbocycles. The van der Waals surface area contributed by atoms with Gasteiger partial charge in [-0.3, -0.25) is 0 Å². The minimum Gasteiger partial charge on any atom is -0.402 e. The van der Waals surface area contributed by atoms with Gasteiger partial charge in [-0.05, 0) is 29.8 Å². The maximum Gasteiger partial charge on any atom is 0.363 e. The molecule has 3 rings (SSSR count). The molecule has 1 heterocycles. The molecule has 0 spiro atoms. The normalized spacial score (nSPS) is 15.9. The molecule has 0 radical (unpaired) electrons. The summed E-state index contributed by atoms with van der Waals surface area (Å²) in [7, 11) is 0. The summed E-state index contributed by atoms with van der Waals surface area (Å²) < 4.78 is 18.7. The number of nitrogens with zero attached hydrogens (tertiary/aromatic N) is 1. The number of ether oxygens (including phenoxy) is 1. The van der Waals surface area contributed by atoms with E-state index in [1.807, 2.05) is 0 Å². The fourth-order valence-corrected chi connectivity index (χ4v) is 2.30. The first-order valence-corrected chi connectivity index (χ1v) is 7.03. The lowest BCUT2D eigenvalue weighted by Gasteiger charge is -2.00. The van der Waals surface area contributed by atoms with Crippen LogP contribution in [0.15, 0.2) is 53.2 Å². The van der Waals surface area contributed by atoms with Crippen LogP contribution in [0.25, 0.3) is 6.08 Å². The second kappa shape index (κ2) is 5.91. The van der Waals surface area contributed by atoms with E-state index < -0.39 is 11.8 Å². The molecule has 2 aromatic carbocycles. The Bertz CT molecular complexity index is 831. The molecule has 0 fully saturated rings. The summed E-state index contributed by atoms with van der Waals surface area (Å²) in [6, 6.07) is 10.9. The zero-order chi connectivity index (χ0) is 15.7. The van der Waals surface area contributed by atoms with Crippen LogP contribution in [0.4, 0.5) is 4.39 Å². The van der Waals surface area contributed by atoms with Crippen LogP contribution in [0.3, 0.4) is 0 Å². The summed E-state index contributed by atoms with van der Waals surface area (Å²) >= 11 is 12.0. The second-order valence-electron chi connectivity index (χ2n) is 4.46. The number of hydrogen-bond acceptors (Lipinski definition) is 3. The largest absolute Gasteiger partial charge is 0.402 e. The highest BCUT2D eigenvalue weighted by Gasteiger charge is 2.26. The Balaban J connectivity index is 2.02. The Morgan fingerprint density at radius 2 is 1.86 bits per heavy atom. The van der Waals surface area contributed by atoms with Crippen molar-refractivity contribution < 1.29 is 13.9 Å². The molecule has 0 aromatic heterocycles. The van der Waals surface area contributed by atoms with E-state index in [9.17, 15) is 9.18 Å². The van der Waals surface area contributed by atoms with Gasteiger partial charge in [-0.25, -0.2) is 14.2 Å². The zero-order valence-corrected chi connectivity index (χ0v) is 12.5. The summed E-state index contributed by atoms with van der Waals surface area (Å²) in [5.41, 5.74) is 0.679. The van der Waals surface area contributed by atoms with E-state index in [2.05, 4.69) is 4.99 Å². The van der Waals surface area contributed by atoms with Crippen molar-refractivity contribution in [2.24, 2.45) is 4.99 Å². The molecule has 2 aromatic rings. The lowest BCUT2D eigenvalue weighted by molar-refractivity contribution is -0.129. The zero-order valence-electron chi connectivity index (χ0n) is 11.0. The average molecular weight is 336 g/mol. The van der Waals surface area contributed by atoms with Gasteiger partial charge in [0, 0.05) is 0 Å². The van der Waals surface area contributed by atoms with Crippen LogP contribution in [0.1, 0.15) is 11.1 Å². The van der Waals surface area contributed by atoms with Gasteiger partial charge in [-0.15, -0.1) is 0 Å². The third kappa shape index (κ3) is 2.75. The highest BCUT2D eigenvalue weighted by atomic mass is 35.5. The van der Waals surface area contributed by atoms with E-state index in [1.165, 1.54) is 18.2 Å².